The van der Waals surface area contributed by atoms with Crippen molar-refractivity contribution in [2.24, 2.45) is 0 Å². The molecule has 0 spiro atoms. The van der Waals surface area contributed by atoms with Gasteiger partial charge >= 0.3 is 5.97 Å². The predicted molar refractivity (Wildman–Crippen MR) is 76.3 cm³/mol. The van der Waals surface area contributed by atoms with Crippen molar-refractivity contribution >= 4 is 56.0 Å². The van der Waals surface area contributed by atoms with Crippen LogP contribution in [-0.4, -0.2) is 17.1 Å². The standard InChI is InChI=1S/C12H10BrCl2NO2/c1-2-18-10(17)6-16-5-8(13)7-3-4-9(14)11(15)12(7)16/h3-5H,2,6H2,1H3. The second kappa shape index (κ2) is 5.51. The Morgan fingerprint density at radius 1 is 1.44 bits per heavy atom. The molecule has 0 aliphatic carbocycles. The summed E-state index contributed by atoms with van der Waals surface area (Å²) in [6.45, 7) is 2.23. The van der Waals surface area contributed by atoms with Crippen LogP contribution in [0.5, 0.6) is 0 Å². The van der Waals surface area contributed by atoms with Gasteiger partial charge in [-0.25, -0.2) is 0 Å². The maximum atomic E-state index is 11.5. The Morgan fingerprint density at radius 2 is 2.17 bits per heavy atom. The third-order valence-corrected chi connectivity index (χ3v) is 3.91. The van der Waals surface area contributed by atoms with E-state index in [-0.39, 0.29) is 12.5 Å². The molecule has 0 bridgehead atoms. The lowest BCUT2D eigenvalue weighted by molar-refractivity contribution is -0.143. The van der Waals surface area contributed by atoms with Gasteiger partial charge in [-0.2, -0.15) is 0 Å². The van der Waals surface area contributed by atoms with Crippen LogP contribution in [0.3, 0.4) is 0 Å². The molecular weight excluding hydrogens is 341 g/mol. The molecule has 3 nitrogen and oxygen atoms in total. The number of hydrogen-bond donors (Lipinski definition) is 0. The minimum atomic E-state index is -0.307. The Kier molecular flexibility index (Phi) is 4.20. The Labute approximate surface area is 123 Å². The van der Waals surface area contributed by atoms with Crippen molar-refractivity contribution in [3.8, 4) is 0 Å². The summed E-state index contributed by atoms with van der Waals surface area (Å²) in [6, 6.07) is 3.58. The molecule has 0 N–H and O–H groups in total. The van der Waals surface area contributed by atoms with Gasteiger partial charge in [0.15, 0.2) is 0 Å². The molecule has 1 aromatic heterocycles. The lowest BCUT2D eigenvalue weighted by Gasteiger charge is -2.06. The summed E-state index contributed by atoms with van der Waals surface area (Å²) in [7, 11) is 0. The van der Waals surface area contributed by atoms with E-state index in [4.69, 9.17) is 27.9 Å². The van der Waals surface area contributed by atoms with E-state index in [1.807, 2.05) is 6.07 Å². The summed E-state index contributed by atoms with van der Waals surface area (Å²) in [4.78, 5) is 11.5. The molecular formula is C12H10BrCl2NO2. The van der Waals surface area contributed by atoms with Crippen molar-refractivity contribution in [3.63, 3.8) is 0 Å². The van der Waals surface area contributed by atoms with Crippen LogP contribution in [0.2, 0.25) is 10.0 Å². The van der Waals surface area contributed by atoms with Gasteiger partial charge in [-0.1, -0.05) is 29.3 Å². The van der Waals surface area contributed by atoms with Crippen LogP contribution < -0.4 is 0 Å². The van der Waals surface area contributed by atoms with Crippen LogP contribution in [0.15, 0.2) is 22.8 Å². The predicted octanol–water partition coefficient (Wildman–Crippen LogP) is 4.27. The normalized spacial score (nSPS) is 10.9. The number of benzene rings is 1. The zero-order chi connectivity index (χ0) is 13.3. The van der Waals surface area contributed by atoms with Crippen LogP contribution in [-0.2, 0) is 16.1 Å². The molecule has 0 saturated heterocycles. The number of carbonyl (C=O) groups is 1. The highest BCUT2D eigenvalue weighted by Crippen LogP contribution is 2.35. The monoisotopic (exact) mass is 349 g/mol. The Morgan fingerprint density at radius 3 is 2.83 bits per heavy atom. The second-order valence-corrected chi connectivity index (χ2v) is 5.31. The summed E-state index contributed by atoms with van der Waals surface area (Å²) in [5, 5.41) is 1.80. The lowest BCUT2D eigenvalue weighted by atomic mass is 10.2. The molecule has 96 valence electrons. The lowest BCUT2D eigenvalue weighted by Crippen LogP contribution is -2.12. The first-order chi connectivity index (χ1) is 8.54. The average molecular weight is 351 g/mol. The summed E-state index contributed by atoms with van der Waals surface area (Å²) >= 11 is 15.6. The smallest absolute Gasteiger partial charge is 0.325 e. The van der Waals surface area contributed by atoms with E-state index in [2.05, 4.69) is 15.9 Å². The first-order valence-electron chi connectivity index (χ1n) is 5.32. The quantitative estimate of drug-likeness (QED) is 0.774. The van der Waals surface area contributed by atoms with E-state index < -0.39 is 0 Å². The van der Waals surface area contributed by atoms with Gasteiger partial charge in [0.1, 0.15) is 6.54 Å². The molecule has 0 fully saturated rings. The summed E-state index contributed by atoms with van der Waals surface area (Å²) in [5.41, 5.74) is 0.726. The largest absolute Gasteiger partial charge is 0.465 e. The van der Waals surface area contributed by atoms with Gasteiger partial charge in [0.25, 0.3) is 0 Å². The fourth-order valence-electron chi connectivity index (χ4n) is 1.75. The number of esters is 1. The Balaban J connectivity index is 2.51. The number of ether oxygens (including phenoxy) is 1. The molecule has 0 amide bonds. The molecule has 2 rings (SSSR count). The third-order valence-electron chi connectivity index (χ3n) is 2.49. The third kappa shape index (κ3) is 2.51. The fourth-order valence-corrected chi connectivity index (χ4v) is 2.75. The maximum absolute atomic E-state index is 11.5. The minimum absolute atomic E-state index is 0.107. The molecule has 0 atom stereocenters. The van der Waals surface area contributed by atoms with Crippen molar-refractivity contribution in [3.05, 3.63) is 32.8 Å². The summed E-state index contributed by atoms with van der Waals surface area (Å²) in [5.74, 6) is -0.307. The molecule has 0 aliphatic rings. The van der Waals surface area contributed by atoms with Gasteiger partial charge in [-0.05, 0) is 28.9 Å². The summed E-state index contributed by atoms with van der Waals surface area (Å²) < 4.78 is 7.51. The number of carbonyl (C=O) groups excluding carboxylic acids is 1. The molecule has 0 aliphatic heterocycles. The highest BCUT2D eigenvalue weighted by atomic mass is 79.9. The topological polar surface area (TPSA) is 31.2 Å². The molecule has 0 unspecified atom stereocenters. The number of fused-ring (bicyclic) bond motifs is 1. The average Bonchev–Trinajstić information content (AvgIpc) is 2.61. The van der Waals surface area contributed by atoms with Crippen molar-refractivity contribution in [1.82, 2.24) is 4.57 Å². The Hall–Kier alpha value is -0.710. The molecule has 1 heterocycles. The number of nitrogens with zero attached hydrogens (tertiary/aromatic N) is 1. The number of rotatable bonds is 3. The number of halogens is 3. The molecule has 0 saturated carbocycles. The minimum Gasteiger partial charge on any atom is -0.465 e. The van der Waals surface area contributed by atoms with Gasteiger partial charge in [0, 0.05) is 16.1 Å². The highest BCUT2D eigenvalue weighted by Gasteiger charge is 2.14. The van der Waals surface area contributed by atoms with Crippen LogP contribution in [0, 0.1) is 0 Å². The van der Waals surface area contributed by atoms with E-state index in [0.29, 0.717) is 16.7 Å². The Bertz CT molecular complexity index is 610. The zero-order valence-corrected chi connectivity index (χ0v) is 12.6. The first-order valence-corrected chi connectivity index (χ1v) is 6.87. The highest BCUT2D eigenvalue weighted by molar-refractivity contribution is 9.10. The zero-order valence-electron chi connectivity index (χ0n) is 9.54. The fraction of sp³-hybridized carbons (Fsp3) is 0.250. The van der Waals surface area contributed by atoms with Crippen molar-refractivity contribution < 1.29 is 9.53 Å². The molecule has 6 heteroatoms. The van der Waals surface area contributed by atoms with Crippen molar-refractivity contribution in [2.75, 3.05) is 6.61 Å². The van der Waals surface area contributed by atoms with E-state index in [1.165, 1.54) is 0 Å². The van der Waals surface area contributed by atoms with Crippen molar-refractivity contribution in [1.29, 1.82) is 0 Å². The summed E-state index contributed by atoms with van der Waals surface area (Å²) in [6.07, 6.45) is 1.80. The number of aromatic nitrogens is 1. The van der Waals surface area contributed by atoms with E-state index in [9.17, 15) is 4.79 Å². The van der Waals surface area contributed by atoms with Gasteiger partial charge in [0.05, 0.1) is 22.2 Å². The molecule has 2 aromatic rings. The second-order valence-electron chi connectivity index (χ2n) is 3.67. The van der Waals surface area contributed by atoms with Gasteiger partial charge < -0.3 is 9.30 Å². The first kappa shape index (κ1) is 13.7. The molecule has 1 aromatic carbocycles. The van der Waals surface area contributed by atoms with E-state index >= 15 is 0 Å². The van der Waals surface area contributed by atoms with E-state index in [1.54, 1.807) is 23.8 Å². The van der Waals surface area contributed by atoms with Crippen molar-refractivity contribution in [2.45, 2.75) is 13.5 Å². The van der Waals surface area contributed by atoms with E-state index in [0.717, 1.165) is 15.4 Å². The number of hydrogen-bond acceptors (Lipinski definition) is 2. The molecule has 18 heavy (non-hydrogen) atoms. The SMILES string of the molecule is CCOC(=O)Cn1cc(Br)c2ccc(Cl)c(Cl)c21. The van der Waals surface area contributed by atoms with Gasteiger partial charge in [-0.3, -0.25) is 4.79 Å². The van der Waals surface area contributed by atoms with Crippen LogP contribution >= 0.6 is 39.1 Å². The maximum Gasteiger partial charge on any atom is 0.325 e. The van der Waals surface area contributed by atoms with Crippen LogP contribution in [0.4, 0.5) is 0 Å². The van der Waals surface area contributed by atoms with Gasteiger partial charge in [0.2, 0.25) is 0 Å². The van der Waals surface area contributed by atoms with Gasteiger partial charge in [-0.15, -0.1) is 0 Å². The van der Waals surface area contributed by atoms with Crippen LogP contribution in [0.25, 0.3) is 10.9 Å². The molecule has 0 radical (unpaired) electrons. The van der Waals surface area contributed by atoms with Crippen LogP contribution in [0.1, 0.15) is 6.92 Å².